The Labute approximate surface area is 251 Å². The van der Waals surface area contributed by atoms with E-state index in [4.69, 9.17) is 0 Å². The zero-order chi connectivity index (χ0) is 28.8. The van der Waals surface area contributed by atoms with Crippen molar-refractivity contribution in [2.75, 3.05) is 0 Å². The van der Waals surface area contributed by atoms with Gasteiger partial charge in [0.15, 0.2) is 0 Å². The van der Waals surface area contributed by atoms with Crippen LogP contribution in [0.25, 0.3) is 77.0 Å². The van der Waals surface area contributed by atoms with Gasteiger partial charge < -0.3 is 0 Å². The molecule has 8 rings (SSSR count). The van der Waals surface area contributed by atoms with Crippen LogP contribution in [0.5, 0.6) is 0 Å². The van der Waals surface area contributed by atoms with Gasteiger partial charge in [-0.3, -0.25) is 9.97 Å². The molecule has 6 aromatic carbocycles. The van der Waals surface area contributed by atoms with Crippen LogP contribution in [-0.2, 0) is 0 Å². The van der Waals surface area contributed by atoms with E-state index in [1.807, 2.05) is 36.8 Å². The van der Waals surface area contributed by atoms with Gasteiger partial charge in [0.1, 0.15) is 0 Å². The van der Waals surface area contributed by atoms with Crippen LogP contribution in [0.15, 0.2) is 152 Å². The number of rotatable bonds is 4. The van der Waals surface area contributed by atoms with Gasteiger partial charge in [0.2, 0.25) is 0 Å². The minimum Gasteiger partial charge on any atom is -0.263 e. The van der Waals surface area contributed by atoms with E-state index in [9.17, 15) is 0 Å². The van der Waals surface area contributed by atoms with Crippen molar-refractivity contribution in [2.24, 2.45) is 0 Å². The third-order valence-electron chi connectivity index (χ3n) is 8.40. The summed E-state index contributed by atoms with van der Waals surface area (Å²) in [6.45, 7) is 2.16. The van der Waals surface area contributed by atoms with Gasteiger partial charge >= 0.3 is 0 Å². The highest BCUT2D eigenvalue weighted by atomic mass is 14.7. The summed E-state index contributed by atoms with van der Waals surface area (Å²) >= 11 is 0. The molecule has 0 aliphatic heterocycles. The number of nitrogens with zero attached hydrogens (tertiary/aromatic N) is 2. The molecule has 0 unspecified atom stereocenters. The molecular weight excluding hydrogens is 520 g/mol. The molecule has 0 saturated carbocycles. The fourth-order valence-corrected chi connectivity index (χ4v) is 6.40. The average molecular weight is 549 g/mol. The predicted molar refractivity (Wildman–Crippen MR) is 181 cm³/mol. The molecule has 0 atom stereocenters. The van der Waals surface area contributed by atoms with Crippen LogP contribution in [0, 0.1) is 6.92 Å². The van der Waals surface area contributed by atoms with E-state index in [0.29, 0.717) is 0 Å². The number of fused-ring (bicyclic) bond motifs is 3. The van der Waals surface area contributed by atoms with Crippen LogP contribution >= 0.6 is 0 Å². The average Bonchev–Trinajstić information content (AvgIpc) is 3.07. The molecule has 2 heterocycles. The van der Waals surface area contributed by atoms with Crippen molar-refractivity contribution in [3.05, 3.63) is 158 Å². The summed E-state index contributed by atoms with van der Waals surface area (Å²) in [6, 6.07) is 48.2. The molecule has 2 heteroatoms. The molecule has 8 aromatic rings. The Kier molecular flexibility index (Phi) is 6.05. The lowest BCUT2D eigenvalue weighted by molar-refractivity contribution is 1.28. The minimum absolute atomic E-state index is 0.921. The Balaban J connectivity index is 1.35. The molecule has 2 nitrogen and oxygen atoms in total. The topological polar surface area (TPSA) is 25.8 Å². The molecule has 0 aliphatic carbocycles. The Morgan fingerprint density at radius 2 is 1.02 bits per heavy atom. The fraction of sp³-hybridized carbons (Fsp3) is 0.0244. The zero-order valence-electron chi connectivity index (χ0n) is 23.8. The van der Waals surface area contributed by atoms with Crippen LogP contribution in [0.2, 0.25) is 0 Å². The van der Waals surface area contributed by atoms with Gasteiger partial charge in [-0.25, -0.2) is 0 Å². The van der Waals surface area contributed by atoms with Crippen molar-refractivity contribution >= 4 is 32.3 Å². The Morgan fingerprint density at radius 3 is 1.72 bits per heavy atom. The fourth-order valence-electron chi connectivity index (χ4n) is 6.40. The van der Waals surface area contributed by atoms with Gasteiger partial charge in [-0.05, 0) is 97.4 Å². The van der Waals surface area contributed by atoms with Gasteiger partial charge in [-0.2, -0.15) is 0 Å². The lowest BCUT2D eigenvalue weighted by atomic mass is 9.85. The predicted octanol–water partition coefficient (Wildman–Crippen LogP) is 10.9. The smallest absolute Gasteiger partial charge is 0.0717 e. The van der Waals surface area contributed by atoms with Crippen LogP contribution in [-0.4, -0.2) is 9.97 Å². The van der Waals surface area contributed by atoms with E-state index in [-0.39, 0.29) is 0 Å². The van der Waals surface area contributed by atoms with Crippen LogP contribution < -0.4 is 0 Å². The Hall–Kier alpha value is -5.60. The quantitative estimate of drug-likeness (QED) is 0.204. The second kappa shape index (κ2) is 10.3. The van der Waals surface area contributed by atoms with Crippen LogP contribution in [0.3, 0.4) is 0 Å². The number of hydrogen-bond donors (Lipinski definition) is 0. The van der Waals surface area contributed by atoms with E-state index in [2.05, 4.69) is 132 Å². The highest BCUT2D eigenvalue weighted by molar-refractivity contribution is 6.21. The summed E-state index contributed by atoms with van der Waals surface area (Å²) in [5, 5.41) is 7.54. The van der Waals surface area contributed by atoms with Gasteiger partial charge in [0, 0.05) is 29.7 Å². The van der Waals surface area contributed by atoms with Crippen molar-refractivity contribution in [2.45, 2.75) is 6.92 Å². The maximum atomic E-state index is 4.57. The van der Waals surface area contributed by atoms with Gasteiger partial charge in [0.25, 0.3) is 0 Å². The van der Waals surface area contributed by atoms with Crippen LogP contribution in [0.4, 0.5) is 0 Å². The third kappa shape index (κ3) is 4.45. The molecule has 202 valence electrons. The maximum absolute atomic E-state index is 4.57. The van der Waals surface area contributed by atoms with Crippen molar-refractivity contribution in [3.8, 4) is 44.6 Å². The second-order valence-electron chi connectivity index (χ2n) is 11.2. The highest BCUT2D eigenvalue weighted by Gasteiger charge is 2.17. The number of aryl methyl sites for hydroxylation is 1. The number of hydrogen-bond acceptors (Lipinski definition) is 2. The second-order valence-corrected chi connectivity index (χ2v) is 11.2. The zero-order valence-corrected chi connectivity index (χ0v) is 23.8. The summed E-state index contributed by atoms with van der Waals surface area (Å²) in [6.07, 6.45) is 5.64. The molecule has 0 spiro atoms. The first-order valence-corrected chi connectivity index (χ1v) is 14.6. The largest absolute Gasteiger partial charge is 0.263 e. The monoisotopic (exact) mass is 548 g/mol. The van der Waals surface area contributed by atoms with E-state index in [1.165, 1.54) is 60.1 Å². The van der Waals surface area contributed by atoms with Gasteiger partial charge in [0.05, 0.1) is 5.69 Å². The molecule has 0 radical (unpaired) electrons. The summed E-state index contributed by atoms with van der Waals surface area (Å²) < 4.78 is 0. The van der Waals surface area contributed by atoms with E-state index < -0.39 is 0 Å². The number of pyridine rings is 2. The van der Waals surface area contributed by atoms with E-state index in [0.717, 1.165) is 22.4 Å². The van der Waals surface area contributed by atoms with Crippen molar-refractivity contribution in [3.63, 3.8) is 0 Å². The SMILES string of the molecule is Cc1ccc2ccc(-c3c4ccccc4c(-c4cccc(-c5cncc(-c6ccccn6)c5)c4)c4ccccc34)cc2c1. The maximum Gasteiger partial charge on any atom is 0.0717 e. The summed E-state index contributed by atoms with van der Waals surface area (Å²) in [4.78, 5) is 9.10. The summed E-state index contributed by atoms with van der Waals surface area (Å²) in [5.74, 6) is 0. The lowest BCUT2D eigenvalue weighted by Crippen LogP contribution is -1.91. The lowest BCUT2D eigenvalue weighted by Gasteiger charge is -2.18. The normalized spacial score (nSPS) is 11.4. The first-order chi connectivity index (χ1) is 21.2. The highest BCUT2D eigenvalue weighted by Crippen LogP contribution is 2.44. The molecule has 0 N–H and O–H groups in total. The number of aromatic nitrogens is 2. The minimum atomic E-state index is 0.921. The van der Waals surface area contributed by atoms with Gasteiger partial charge in [-0.15, -0.1) is 0 Å². The molecule has 0 saturated heterocycles. The number of benzene rings is 6. The first-order valence-electron chi connectivity index (χ1n) is 14.6. The standard InChI is InChI=1S/C41H28N2/c1-27-16-17-28-18-19-31(23-32(28)21-27)41-37-13-4-2-11-35(37)40(36-12-3-5-14-38(36)41)30-10-8-9-29(22-30)33-24-34(26-42-25-33)39-15-6-7-20-43-39/h2-26H,1H3. The third-order valence-corrected chi connectivity index (χ3v) is 8.40. The molecular formula is C41H28N2. The van der Waals surface area contributed by atoms with Crippen molar-refractivity contribution < 1.29 is 0 Å². The summed E-state index contributed by atoms with van der Waals surface area (Å²) in [5.41, 5.74) is 10.4. The molecule has 0 amide bonds. The first kappa shape index (κ1) is 25.1. The Morgan fingerprint density at radius 1 is 0.419 bits per heavy atom. The molecule has 0 bridgehead atoms. The van der Waals surface area contributed by atoms with E-state index in [1.54, 1.807) is 0 Å². The van der Waals surface area contributed by atoms with E-state index >= 15 is 0 Å². The molecule has 0 aliphatic rings. The molecule has 2 aromatic heterocycles. The van der Waals surface area contributed by atoms with Crippen molar-refractivity contribution in [1.29, 1.82) is 0 Å². The Bertz CT molecular complexity index is 2240. The molecule has 0 fully saturated rings. The summed E-state index contributed by atoms with van der Waals surface area (Å²) in [7, 11) is 0. The molecule has 43 heavy (non-hydrogen) atoms. The van der Waals surface area contributed by atoms with Crippen molar-refractivity contribution in [1.82, 2.24) is 9.97 Å². The van der Waals surface area contributed by atoms with Crippen LogP contribution in [0.1, 0.15) is 5.56 Å². The van der Waals surface area contributed by atoms with Gasteiger partial charge in [-0.1, -0.05) is 109 Å².